The lowest BCUT2D eigenvalue weighted by molar-refractivity contribution is -0.144. The first-order valence-corrected chi connectivity index (χ1v) is 11.5. The number of hydrogen-bond acceptors (Lipinski definition) is 8. The van der Waals surface area contributed by atoms with Crippen molar-refractivity contribution in [2.45, 2.75) is 31.3 Å². The Hall–Kier alpha value is -4.40. The molecule has 0 aromatic heterocycles. The summed E-state index contributed by atoms with van der Waals surface area (Å²) in [5.74, 6) is -2.56. The Bertz CT molecular complexity index is 1340. The summed E-state index contributed by atoms with van der Waals surface area (Å²) in [5, 5.41) is 0. The number of amides is 1. The molecule has 1 amide bonds. The van der Waals surface area contributed by atoms with Gasteiger partial charge in [0, 0.05) is 24.1 Å². The fourth-order valence-corrected chi connectivity index (χ4v) is 5.19. The maximum absolute atomic E-state index is 14.3. The number of ether oxygens (including phenoxy) is 3. The van der Waals surface area contributed by atoms with Crippen LogP contribution in [0, 0.1) is 0 Å². The van der Waals surface area contributed by atoms with Gasteiger partial charge in [-0.15, -0.1) is 0 Å². The summed E-state index contributed by atoms with van der Waals surface area (Å²) < 4.78 is 16.1. The third kappa shape index (κ3) is 3.46. The second-order valence-electron chi connectivity index (χ2n) is 8.71. The van der Waals surface area contributed by atoms with Crippen LogP contribution in [0.1, 0.15) is 30.4 Å². The lowest BCUT2D eigenvalue weighted by atomic mass is 9.64. The van der Waals surface area contributed by atoms with Crippen LogP contribution in [0.15, 0.2) is 77.4 Å². The fraction of sp³-hybridized carbons (Fsp3) is 0.259. The topological polar surface area (TPSA) is 125 Å². The van der Waals surface area contributed by atoms with Gasteiger partial charge in [0.1, 0.15) is 29.9 Å². The van der Waals surface area contributed by atoms with E-state index < -0.39 is 29.8 Å². The van der Waals surface area contributed by atoms with Gasteiger partial charge in [-0.25, -0.2) is 4.79 Å². The Morgan fingerprint density at radius 3 is 2.53 bits per heavy atom. The predicted molar refractivity (Wildman–Crippen MR) is 127 cm³/mol. The number of allylic oxidation sites excluding steroid dienone is 1. The highest BCUT2D eigenvalue weighted by Gasteiger charge is 2.63. The number of methoxy groups -OCH3 is 1. The molecule has 2 aromatic rings. The van der Waals surface area contributed by atoms with Crippen molar-refractivity contribution < 1.29 is 33.4 Å². The van der Waals surface area contributed by atoms with E-state index in [4.69, 9.17) is 19.9 Å². The highest BCUT2D eigenvalue weighted by Crippen LogP contribution is 2.56. The van der Waals surface area contributed by atoms with E-state index in [0.717, 1.165) is 12.7 Å². The van der Waals surface area contributed by atoms with Gasteiger partial charge in [-0.2, -0.15) is 0 Å². The summed E-state index contributed by atoms with van der Waals surface area (Å²) in [6.45, 7) is -0.382. The molecule has 9 heteroatoms. The lowest BCUT2D eigenvalue weighted by Gasteiger charge is -2.38. The highest BCUT2D eigenvalue weighted by atomic mass is 16.5. The Balaban J connectivity index is 1.60. The van der Waals surface area contributed by atoms with E-state index in [9.17, 15) is 19.2 Å². The lowest BCUT2D eigenvalue weighted by Crippen LogP contribution is -2.52. The van der Waals surface area contributed by atoms with Crippen molar-refractivity contribution in [2.24, 2.45) is 5.73 Å². The van der Waals surface area contributed by atoms with Crippen LogP contribution in [0.5, 0.6) is 0 Å². The molecule has 0 unspecified atom stereocenters. The molecular weight excluding hydrogens is 464 g/mol. The summed E-state index contributed by atoms with van der Waals surface area (Å²) in [4.78, 5) is 54.7. The largest absolute Gasteiger partial charge is 0.465 e. The van der Waals surface area contributed by atoms with Crippen LogP contribution in [-0.4, -0.2) is 37.3 Å². The minimum atomic E-state index is -1.88. The molecule has 1 aliphatic carbocycles. The summed E-state index contributed by atoms with van der Waals surface area (Å²) in [7, 11) is 1.16. The summed E-state index contributed by atoms with van der Waals surface area (Å²) in [6, 6.07) is 15.9. The molecular formula is C27H24N2O7. The van der Waals surface area contributed by atoms with Gasteiger partial charge < -0.3 is 19.9 Å². The first kappa shape index (κ1) is 23.3. The number of esters is 2. The molecule has 5 rings (SSSR count). The van der Waals surface area contributed by atoms with Crippen molar-refractivity contribution in [1.29, 1.82) is 0 Å². The number of nitrogens with two attached hydrogens (primary N) is 1. The maximum atomic E-state index is 14.3. The predicted octanol–water partition coefficient (Wildman–Crippen LogP) is 2.40. The van der Waals surface area contributed by atoms with Crippen LogP contribution in [0.25, 0.3) is 0 Å². The third-order valence-corrected chi connectivity index (χ3v) is 6.68. The zero-order valence-corrected chi connectivity index (χ0v) is 19.6. The van der Waals surface area contributed by atoms with Crippen LogP contribution in [0.2, 0.25) is 0 Å². The molecule has 0 saturated heterocycles. The molecule has 0 bridgehead atoms. The number of carbonyl (C=O) groups excluding carboxylic acids is 4. The summed E-state index contributed by atoms with van der Waals surface area (Å²) in [5.41, 5.74) is 5.65. The van der Waals surface area contributed by atoms with Gasteiger partial charge in [0.2, 0.25) is 11.8 Å². The molecule has 9 nitrogen and oxygen atoms in total. The van der Waals surface area contributed by atoms with E-state index in [1.807, 2.05) is 30.3 Å². The van der Waals surface area contributed by atoms with E-state index in [1.54, 1.807) is 24.3 Å². The van der Waals surface area contributed by atoms with Crippen molar-refractivity contribution in [2.75, 3.05) is 18.6 Å². The van der Waals surface area contributed by atoms with Crippen LogP contribution < -0.4 is 10.6 Å². The van der Waals surface area contributed by atoms with Crippen molar-refractivity contribution in [3.05, 3.63) is 88.5 Å². The number of benzene rings is 2. The van der Waals surface area contributed by atoms with Gasteiger partial charge in [0.25, 0.3) is 0 Å². The SMILES string of the molecule is COC(=O)C1=C(N)OC2=C(C(=O)CCC2)[C@]12C(=O)N(CC(=O)OCc1ccccc1)c1ccccc12. The molecule has 2 heterocycles. The molecule has 2 aliphatic heterocycles. The number of carbonyl (C=O) groups is 4. The zero-order chi connectivity index (χ0) is 25.4. The second kappa shape index (κ2) is 8.99. The third-order valence-electron chi connectivity index (χ3n) is 6.68. The number of anilines is 1. The molecule has 0 saturated carbocycles. The Kier molecular flexibility index (Phi) is 5.83. The molecule has 1 spiro atoms. The van der Waals surface area contributed by atoms with Gasteiger partial charge in [-0.05, 0) is 18.1 Å². The van der Waals surface area contributed by atoms with E-state index in [-0.39, 0.29) is 41.6 Å². The maximum Gasteiger partial charge on any atom is 0.340 e. The Labute approximate surface area is 207 Å². The van der Waals surface area contributed by atoms with Crippen LogP contribution >= 0.6 is 0 Å². The Morgan fingerprint density at radius 2 is 1.78 bits per heavy atom. The minimum Gasteiger partial charge on any atom is -0.465 e. The molecule has 1 atom stereocenters. The normalized spacial score (nSPS) is 20.8. The van der Waals surface area contributed by atoms with Crippen molar-refractivity contribution in [3.63, 3.8) is 0 Å². The highest BCUT2D eigenvalue weighted by molar-refractivity contribution is 6.24. The van der Waals surface area contributed by atoms with E-state index in [0.29, 0.717) is 24.1 Å². The van der Waals surface area contributed by atoms with Gasteiger partial charge in [0.15, 0.2) is 5.78 Å². The molecule has 0 radical (unpaired) electrons. The summed E-state index contributed by atoms with van der Waals surface area (Å²) in [6.07, 6.45) is 1.10. The number of Topliss-reactive ketones (excluding diaryl/α,β-unsaturated/α-hetero) is 1. The minimum absolute atomic E-state index is 0.0381. The van der Waals surface area contributed by atoms with E-state index in [1.165, 1.54) is 4.90 Å². The van der Waals surface area contributed by atoms with Crippen molar-refractivity contribution in [1.82, 2.24) is 0 Å². The van der Waals surface area contributed by atoms with Gasteiger partial charge in [-0.1, -0.05) is 48.5 Å². The molecule has 2 N–H and O–H groups in total. The number of ketones is 1. The van der Waals surface area contributed by atoms with E-state index in [2.05, 4.69) is 0 Å². The number of fused-ring (bicyclic) bond motifs is 3. The molecule has 184 valence electrons. The average Bonchev–Trinajstić information content (AvgIpc) is 3.11. The van der Waals surface area contributed by atoms with Crippen LogP contribution in [0.3, 0.4) is 0 Å². The number of rotatable bonds is 5. The fourth-order valence-electron chi connectivity index (χ4n) is 5.19. The molecule has 3 aliphatic rings. The smallest absolute Gasteiger partial charge is 0.340 e. The first-order chi connectivity index (χ1) is 17.4. The van der Waals surface area contributed by atoms with Gasteiger partial charge >= 0.3 is 11.9 Å². The number of para-hydroxylation sites is 1. The molecule has 2 aromatic carbocycles. The first-order valence-electron chi connectivity index (χ1n) is 11.5. The van der Waals surface area contributed by atoms with Gasteiger partial charge in [0.05, 0.1) is 12.7 Å². The van der Waals surface area contributed by atoms with Crippen molar-refractivity contribution in [3.8, 4) is 0 Å². The zero-order valence-electron chi connectivity index (χ0n) is 19.6. The van der Waals surface area contributed by atoms with Gasteiger partial charge in [-0.3, -0.25) is 19.3 Å². The number of nitrogens with zero attached hydrogens (tertiary/aromatic N) is 1. The standard InChI is InChI=1S/C27H24N2O7/c1-34-25(32)23-24(28)36-20-13-7-12-19(30)22(20)27(23)17-10-5-6-11-18(17)29(26(27)33)14-21(31)35-15-16-8-3-2-4-9-16/h2-6,8-11H,7,12-15,28H2,1H3/t27-/m0/s1. The van der Waals surface area contributed by atoms with Crippen molar-refractivity contribution >= 4 is 29.3 Å². The molecule has 36 heavy (non-hydrogen) atoms. The average molecular weight is 488 g/mol. The Morgan fingerprint density at radius 1 is 1.06 bits per heavy atom. The van der Waals surface area contributed by atoms with Crippen LogP contribution in [0.4, 0.5) is 5.69 Å². The van der Waals surface area contributed by atoms with E-state index >= 15 is 0 Å². The quantitative estimate of drug-likeness (QED) is 0.636. The van der Waals surface area contributed by atoms with Crippen LogP contribution in [-0.2, 0) is 45.4 Å². The monoisotopic (exact) mass is 488 g/mol. The molecule has 0 fully saturated rings. The summed E-state index contributed by atoms with van der Waals surface area (Å²) >= 11 is 0. The number of hydrogen-bond donors (Lipinski definition) is 1. The second-order valence-corrected chi connectivity index (χ2v) is 8.71.